The number of methoxy groups -OCH3 is 1. The normalized spacial score (nSPS) is 19.7. The maximum atomic E-state index is 12.8. The maximum absolute atomic E-state index is 12.8. The molecular formula is C20H23F3N2O3S. The quantitative estimate of drug-likeness (QED) is 0.545. The molecule has 1 saturated heterocycles. The third kappa shape index (κ3) is 5.48. The van der Waals surface area contributed by atoms with E-state index in [-0.39, 0.29) is 18.6 Å². The van der Waals surface area contributed by atoms with Crippen LogP contribution in [0.5, 0.6) is 5.75 Å². The number of rotatable bonds is 6. The van der Waals surface area contributed by atoms with Gasteiger partial charge in [0.1, 0.15) is 18.1 Å². The molecule has 1 aliphatic carbocycles. The first kappa shape index (κ1) is 21.6. The number of hydrogen-bond donors (Lipinski definition) is 1. The summed E-state index contributed by atoms with van der Waals surface area (Å²) in [5.74, 6) is 0.243. The van der Waals surface area contributed by atoms with Gasteiger partial charge in [-0.15, -0.1) is 0 Å². The minimum Gasteiger partial charge on any atom is -0.496 e. The second kappa shape index (κ2) is 9.13. The van der Waals surface area contributed by atoms with Crippen LogP contribution in [0, 0.1) is 0 Å². The van der Waals surface area contributed by atoms with E-state index in [1.165, 1.54) is 13.5 Å². The number of nitrogens with zero attached hydrogens (tertiary/aromatic N) is 1. The second-order valence-corrected chi connectivity index (χ2v) is 7.52. The monoisotopic (exact) mass is 428 g/mol. The summed E-state index contributed by atoms with van der Waals surface area (Å²) in [5, 5.41) is 3.37. The summed E-state index contributed by atoms with van der Waals surface area (Å²) in [6.07, 6.45) is 2.45. The molecular weight excluding hydrogens is 405 g/mol. The van der Waals surface area contributed by atoms with Gasteiger partial charge in [-0.3, -0.25) is 9.69 Å². The number of nitrogens with one attached hydrogen (secondary N) is 1. The predicted octanol–water partition coefficient (Wildman–Crippen LogP) is 4.16. The van der Waals surface area contributed by atoms with E-state index in [1.807, 2.05) is 0 Å². The summed E-state index contributed by atoms with van der Waals surface area (Å²) >= 11 is 5.36. The average Bonchev–Trinajstić information content (AvgIpc) is 2.95. The molecule has 2 aliphatic rings. The lowest BCUT2D eigenvalue weighted by molar-refractivity contribution is -0.176. The molecule has 1 saturated carbocycles. The summed E-state index contributed by atoms with van der Waals surface area (Å²) in [6.45, 7) is -1.60. The lowest BCUT2D eigenvalue weighted by atomic mass is 9.94. The fourth-order valence-corrected chi connectivity index (χ4v) is 4.01. The standard InChI is InChI=1S/C20H23F3N2O3S/c1-27-17-8-7-13(9-14(17)11-28-12-20(21,22)23)10-16-18(26)25(19(29)24-16)15-5-3-2-4-6-15/h7-10,15H,2-6,11-12H2,1H3,(H,24,29)/b16-10+. The molecule has 0 unspecified atom stereocenters. The van der Waals surface area contributed by atoms with E-state index in [9.17, 15) is 18.0 Å². The molecule has 158 valence electrons. The molecule has 0 bridgehead atoms. The van der Waals surface area contributed by atoms with Gasteiger partial charge in [0.2, 0.25) is 0 Å². The highest BCUT2D eigenvalue weighted by Gasteiger charge is 2.36. The van der Waals surface area contributed by atoms with Crippen LogP contribution in [0.3, 0.4) is 0 Å². The fourth-order valence-electron chi connectivity index (χ4n) is 3.66. The average molecular weight is 428 g/mol. The molecule has 0 aromatic heterocycles. The SMILES string of the molecule is COc1ccc(/C=C2/NC(=S)N(C3CCCCC3)C2=O)cc1COCC(F)(F)F. The van der Waals surface area contributed by atoms with Gasteiger partial charge in [0.05, 0.1) is 13.7 Å². The van der Waals surface area contributed by atoms with Crippen molar-refractivity contribution in [2.45, 2.75) is 50.9 Å². The van der Waals surface area contributed by atoms with Crippen molar-refractivity contribution in [3.05, 3.63) is 35.0 Å². The molecule has 1 amide bonds. The van der Waals surface area contributed by atoms with Gasteiger partial charge in [0, 0.05) is 11.6 Å². The van der Waals surface area contributed by atoms with Crippen LogP contribution in [0.2, 0.25) is 0 Å². The van der Waals surface area contributed by atoms with Crippen molar-refractivity contribution in [1.82, 2.24) is 10.2 Å². The van der Waals surface area contributed by atoms with Crippen LogP contribution in [-0.2, 0) is 16.1 Å². The lowest BCUT2D eigenvalue weighted by Crippen LogP contribution is -2.41. The lowest BCUT2D eigenvalue weighted by Gasteiger charge is -2.29. The predicted molar refractivity (Wildman–Crippen MR) is 106 cm³/mol. The molecule has 9 heteroatoms. The summed E-state index contributed by atoms with van der Waals surface area (Å²) in [6, 6.07) is 5.11. The van der Waals surface area contributed by atoms with Gasteiger partial charge in [-0.1, -0.05) is 25.3 Å². The van der Waals surface area contributed by atoms with E-state index in [4.69, 9.17) is 21.7 Å². The van der Waals surface area contributed by atoms with E-state index >= 15 is 0 Å². The van der Waals surface area contributed by atoms with E-state index < -0.39 is 12.8 Å². The molecule has 1 N–H and O–H groups in total. The smallest absolute Gasteiger partial charge is 0.411 e. The molecule has 1 aliphatic heterocycles. The van der Waals surface area contributed by atoms with Crippen molar-refractivity contribution in [2.75, 3.05) is 13.7 Å². The highest BCUT2D eigenvalue weighted by atomic mass is 32.1. The van der Waals surface area contributed by atoms with Crippen molar-refractivity contribution in [2.24, 2.45) is 0 Å². The summed E-state index contributed by atoms with van der Waals surface area (Å²) in [4.78, 5) is 14.5. The van der Waals surface area contributed by atoms with E-state index in [0.717, 1.165) is 25.7 Å². The Bertz CT molecular complexity index is 805. The Morgan fingerprint density at radius 3 is 2.66 bits per heavy atom. The second-order valence-electron chi connectivity index (χ2n) is 7.13. The minimum absolute atomic E-state index is 0.115. The van der Waals surface area contributed by atoms with Gasteiger partial charge in [-0.2, -0.15) is 13.2 Å². The van der Waals surface area contributed by atoms with E-state index in [1.54, 1.807) is 29.2 Å². The molecule has 1 heterocycles. The number of carbonyl (C=O) groups is 1. The molecule has 0 atom stereocenters. The first-order valence-electron chi connectivity index (χ1n) is 9.46. The maximum Gasteiger partial charge on any atom is 0.411 e. The largest absolute Gasteiger partial charge is 0.496 e. The zero-order valence-corrected chi connectivity index (χ0v) is 16.9. The molecule has 0 radical (unpaired) electrons. The zero-order valence-electron chi connectivity index (χ0n) is 16.1. The molecule has 1 aromatic carbocycles. The zero-order chi connectivity index (χ0) is 21.0. The molecule has 0 spiro atoms. The molecule has 3 rings (SSSR count). The number of hydrogen-bond acceptors (Lipinski definition) is 4. The highest BCUT2D eigenvalue weighted by Crippen LogP contribution is 2.28. The van der Waals surface area contributed by atoms with E-state index in [0.29, 0.717) is 27.7 Å². The van der Waals surface area contributed by atoms with Gasteiger partial charge in [-0.05, 0) is 48.8 Å². The van der Waals surface area contributed by atoms with Crippen LogP contribution in [0.1, 0.15) is 43.2 Å². The number of ether oxygens (including phenoxy) is 2. The Labute approximate surface area is 172 Å². The molecule has 5 nitrogen and oxygen atoms in total. The van der Waals surface area contributed by atoms with Gasteiger partial charge in [-0.25, -0.2) is 0 Å². The number of alkyl halides is 3. The highest BCUT2D eigenvalue weighted by molar-refractivity contribution is 7.80. The fraction of sp³-hybridized carbons (Fsp3) is 0.500. The minimum atomic E-state index is -4.40. The number of thiocarbonyl (C=S) groups is 1. The summed E-state index contributed by atoms with van der Waals surface area (Å²) < 4.78 is 46.9. The van der Waals surface area contributed by atoms with Gasteiger partial charge in [0.25, 0.3) is 5.91 Å². The first-order valence-corrected chi connectivity index (χ1v) is 9.87. The third-order valence-corrected chi connectivity index (χ3v) is 5.29. The molecule has 29 heavy (non-hydrogen) atoms. The Morgan fingerprint density at radius 1 is 1.28 bits per heavy atom. The summed E-state index contributed by atoms with van der Waals surface area (Å²) in [5.41, 5.74) is 1.46. The van der Waals surface area contributed by atoms with Gasteiger partial charge >= 0.3 is 6.18 Å². The van der Waals surface area contributed by atoms with Gasteiger partial charge < -0.3 is 14.8 Å². The summed E-state index contributed by atoms with van der Waals surface area (Å²) in [7, 11) is 1.43. The van der Waals surface area contributed by atoms with Crippen molar-refractivity contribution in [3.63, 3.8) is 0 Å². The van der Waals surface area contributed by atoms with Crippen LogP contribution >= 0.6 is 12.2 Å². The number of carbonyl (C=O) groups excluding carboxylic acids is 1. The van der Waals surface area contributed by atoms with Crippen molar-refractivity contribution >= 4 is 29.3 Å². The van der Waals surface area contributed by atoms with Crippen molar-refractivity contribution in [3.8, 4) is 5.75 Å². The third-order valence-electron chi connectivity index (χ3n) is 4.99. The number of amides is 1. The Balaban J connectivity index is 1.76. The van der Waals surface area contributed by atoms with Crippen LogP contribution in [0.25, 0.3) is 6.08 Å². The van der Waals surface area contributed by atoms with Crippen molar-refractivity contribution in [1.29, 1.82) is 0 Å². The van der Waals surface area contributed by atoms with Crippen molar-refractivity contribution < 1.29 is 27.4 Å². The van der Waals surface area contributed by atoms with Crippen LogP contribution < -0.4 is 10.1 Å². The topological polar surface area (TPSA) is 50.8 Å². The molecule has 1 aromatic rings. The number of halogens is 3. The van der Waals surface area contributed by atoms with Crippen LogP contribution in [-0.4, -0.2) is 41.9 Å². The first-order chi connectivity index (χ1) is 13.8. The Morgan fingerprint density at radius 2 is 2.00 bits per heavy atom. The Kier molecular flexibility index (Phi) is 6.79. The van der Waals surface area contributed by atoms with E-state index in [2.05, 4.69) is 5.32 Å². The Hall–Kier alpha value is -2.13. The number of benzene rings is 1. The van der Waals surface area contributed by atoms with Crippen LogP contribution in [0.4, 0.5) is 13.2 Å². The van der Waals surface area contributed by atoms with Gasteiger partial charge in [0.15, 0.2) is 5.11 Å². The molecule has 2 fully saturated rings. The van der Waals surface area contributed by atoms with Crippen LogP contribution in [0.15, 0.2) is 23.9 Å².